The molecule has 2 saturated heterocycles. The summed E-state index contributed by atoms with van der Waals surface area (Å²) in [6.07, 6.45) is 3.64. The van der Waals surface area contributed by atoms with E-state index in [0.29, 0.717) is 0 Å². The maximum Gasteiger partial charge on any atom is 0.119 e. The third-order valence-electron chi connectivity index (χ3n) is 4.67. The van der Waals surface area contributed by atoms with Gasteiger partial charge in [-0.1, -0.05) is 12.1 Å². The van der Waals surface area contributed by atoms with Gasteiger partial charge in [-0.2, -0.15) is 0 Å². The van der Waals surface area contributed by atoms with Crippen molar-refractivity contribution in [2.75, 3.05) is 33.9 Å². The molecule has 0 saturated carbocycles. The van der Waals surface area contributed by atoms with Crippen LogP contribution in [0.3, 0.4) is 0 Å². The van der Waals surface area contributed by atoms with Gasteiger partial charge in [0.15, 0.2) is 0 Å². The van der Waals surface area contributed by atoms with Gasteiger partial charge in [0, 0.05) is 26.6 Å². The average Bonchev–Trinajstić information content (AvgIpc) is 2.90. The zero-order valence-electron chi connectivity index (χ0n) is 13.0. The average molecular weight is 291 g/mol. The van der Waals surface area contributed by atoms with Gasteiger partial charge in [-0.3, -0.25) is 4.90 Å². The molecule has 2 aliphatic heterocycles. The molecule has 21 heavy (non-hydrogen) atoms. The molecule has 0 bridgehead atoms. The summed E-state index contributed by atoms with van der Waals surface area (Å²) in [4.78, 5) is 2.50. The van der Waals surface area contributed by atoms with E-state index in [1.165, 1.54) is 12.0 Å². The highest BCUT2D eigenvalue weighted by Gasteiger charge is 2.43. The maximum absolute atomic E-state index is 6.11. The molecule has 0 aromatic heterocycles. The van der Waals surface area contributed by atoms with E-state index in [9.17, 15) is 0 Å². The highest BCUT2D eigenvalue weighted by molar-refractivity contribution is 5.28. The van der Waals surface area contributed by atoms with E-state index in [4.69, 9.17) is 14.2 Å². The summed E-state index contributed by atoms with van der Waals surface area (Å²) >= 11 is 0. The van der Waals surface area contributed by atoms with Crippen molar-refractivity contribution in [3.63, 3.8) is 0 Å². The number of hydrogen-bond donors (Lipinski definition) is 0. The van der Waals surface area contributed by atoms with Gasteiger partial charge in [-0.15, -0.1) is 0 Å². The summed E-state index contributed by atoms with van der Waals surface area (Å²) in [6, 6.07) is 8.33. The monoisotopic (exact) mass is 291 g/mol. The number of rotatable bonds is 4. The second kappa shape index (κ2) is 6.34. The third kappa shape index (κ3) is 3.39. The van der Waals surface area contributed by atoms with E-state index in [1.54, 1.807) is 14.2 Å². The summed E-state index contributed by atoms with van der Waals surface area (Å²) in [6.45, 7) is 3.84. The van der Waals surface area contributed by atoms with Gasteiger partial charge >= 0.3 is 0 Å². The number of piperidine rings is 1. The van der Waals surface area contributed by atoms with Gasteiger partial charge in [0.25, 0.3) is 0 Å². The van der Waals surface area contributed by atoms with Crippen molar-refractivity contribution in [1.29, 1.82) is 0 Å². The molecule has 116 valence electrons. The molecule has 2 atom stereocenters. The molecule has 0 N–H and O–H groups in total. The molecular formula is C17H25NO3. The smallest absolute Gasteiger partial charge is 0.119 e. The number of benzene rings is 1. The van der Waals surface area contributed by atoms with Crippen molar-refractivity contribution in [2.24, 2.45) is 0 Å². The van der Waals surface area contributed by atoms with Crippen LogP contribution in [0.15, 0.2) is 24.3 Å². The summed E-state index contributed by atoms with van der Waals surface area (Å²) < 4.78 is 16.9. The summed E-state index contributed by atoms with van der Waals surface area (Å²) in [5.74, 6) is 0.927. The molecule has 2 heterocycles. The predicted octanol–water partition coefficient (Wildman–Crippen LogP) is 2.47. The Balaban J connectivity index is 1.63. The summed E-state index contributed by atoms with van der Waals surface area (Å²) in [7, 11) is 3.50. The Kier molecular flexibility index (Phi) is 4.48. The molecule has 1 aromatic carbocycles. The van der Waals surface area contributed by atoms with Crippen molar-refractivity contribution in [3.05, 3.63) is 29.8 Å². The van der Waals surface area contributed by atoms with Crippen LogP contribution in [0.4, 0.5) is 0 Å². The van der Waals surface area contributed by atoms with Gasteiger partial charge < -0.3 is 14.2 Å². The quantitative estimate of drug-likeness (QED) is 0.853. The van der Waals surface area contributed by atoms with Crippen LogP contribution in [0.25, 0.3) is 0 Å². The molecule has 0 aliphatic carbocycles. The molecule has 4 heteroatoms. The molecule has 0 amide bonds. The number of methoxy groups -OCH3 is 2. The first kappa shape index (κ1) is 14.8. The van der Waals surface area contributed by atoms with E-state index in [-0.39, 0.29) is 11.7 Å². The fraction of sp³-hybridized carbons (Fsp3) is 0.647. The molecule has 4 nitrogen and oxygen atoms in total. The van der Waals surface area contributed by atoms with Crippen molar-refractivity contribution in [3.8, 4) is 5.75 Å². The summed E-state index contributed by atoms with van der Waals surface area (Å²) in [5.41, 5.74) is 1.31. The van der Waals surface area contributed by atoms with E-state index in [1.807, 2.05) is 6.07 Å². The topological polar surface area (TPSA) is 30.9 Å². The minimum absolute atomic E-state index is 0.0117. The lowest BCUT2D eigenvalue weighted by Crippen LogP contribution is -2.47. The van der Waals surface area contributed by atoms with Crippen molar-refractivity contribution >= 4 is 0 Å². The van der Waals surface area contributed by atoms with Crippen LogP contribution in [-0.2, 0) is 16.0 Å². The largest absolute Gasteiger partial charge is 0.497 e. The molecule has 2 aliphatic rings. The van der Waals surface area contributed by atoms with Crippen LogP contribution >= 0.6 is 0 Å². The Labute approximate surface area is 127 Å². The standard InChI is InChI=1S/C17H25NO3/c1-19-15-6-3-5-14(9-15)11-18-8-4-7-17(13-18)10-16(20-2)12-21-17/h3,5-6,9,16H,4,7-8,10-13H2,1-2H3/t16-,17-/m0/s1. The number of likely N-dealkylation sites (tertiary alicyclic amines) is 1. The molecule has 1 aromatic rings. The Bertz CT molecular complexity index is 479. The van der Waals surface area contributed by atoms with Gasteiger partial charge in [-0.05, 0) is 37.1 Å². The Hall–Kier alpha value is -1.10. The molecule has 3 rings (SSSR count). The van der Waals surface area contributed by atoms with Gasteiger partial charge in [0.05, 0.1) is 25.4 Å². The van der Waals surface area contributed by atoms with E-state index in [0.717, 1.165) is 44.8 Å². The van der Waals surface area contributed by atoms with Crippen molar-refractivity contribution in [2.45, 2.75) is 37.5 Å². The first-order valence-electron chi connectivity index (χ1n) is 7.75. The number of ether oxygens (including phenoxy) is 3. The van der Waals surface area contributed by atoms with Crippen LogP contribution in [0.2, 0.25) is 0 Å². The molecule has 0 radical (unpaired) electrons. The van der Waals surface area contributed by atoms with Gasteiger partial charge in [0.2, 0.25) is 0 Å². The van der Waals surface area contributed by atoms with Gasteiger partial charge in [0.1, 0.15) is 5.75 Å². The second-order valence-electron chi connectivity index (χ2n) is 6.22. The third-order valence-corrected chi connectivity index (χ3v) is 4.67. The lowest BCUT2D eigenvalue weighted by atomic mass is 9.89. The maximum atomic E-state index is 6.11. The number of hydrogen-bond acceptors (Lipinski definition) is 4. The number of nitrogens with zero attached hydrogens (tertiary/aromatic N) is 1. The van der Waals surface area contributed by atoms with Crippen molar-refractivity contribution in [1.82, 2.24) is 4.90 Å². The minimum Gasteiger partial charge on any atom is -0.497 e. The lowest BCUT2D eigenvalue weighted by Gasteiger charge is -2.39. The van der Waals surface area contributed by atoms with Crippen LogP contribution in [0.1, 0.15) is 24.8 Å². The normalized spacial score (nSPS) is 29.9. The van der Waals surface area contributed by atoms with Crippen LogP contribution in [0, 0.1) is 0 Å². The highest BCUT2D eigenvalue weighted by Crippen LogP contribution is 2.36. The SMILES string of the molecule is COc1cccc(CN2CCC[C@]3(C[C@H](OC)CO3)C2)c1. The Morgan fingerprint density at radius 3 is 3.05 bits per heavy atom. The minimum atomic E-state index is 0.0117. The second-order valence-corrected chi connectivity index (χ2v) is 6.22. The molecule has 1 spiro atoms. The van der Waals surface area contributed by atoms with Crippen LogP contribution in [0.5, 0.6) is 5.75 Å². The highest BCUT2D eigenvalue weighted by atomic mass is 16.6. The predicted molar refractivity (Wildman–Crippen MR) is 81.6 cm³/mol. The van der Waals surface area contributed by atoms with Crippen LogP contribution < -0.4 is 4.74 Å². The zero-order chi connectivity index (χ0) is 14.7. The van der Waals surface area contributed by atoms with E-state index in [2.05, 4.69) is 23.1 Å². The van der Waals surface area contributed by atoms with Crippen molar-refractivity contribution < 1.29 is 14.2 Å². The summed E-state index contributed by atoms with van der Waals surface area (Å²) in [5, 5.41) is 0. The van der Waals surface area contributed by atoms with Gasteiger partial charge in [-0.25, -0.2) is 0 Å². The Morgan fingerprint density at radius 1 is 1.38 bits per heavy atom. The molecule has 0 unspecified atom stereocenters. The zero-order valence-corrected chi connectivity index (χ0v) is 13.0. The Morgan fingerprint density at radius 2 is 2.29 bits per heavy atom. The van der Waals surface area contributed by atoms with E-state index >= 15 is 0 Å². The fourth-order valence-corrected chi connectivity index (χ4v) is 3.59. The fourth-order valence-electron chi connectivity index (χ4n) is 3.59. The lowest BCUT2D eigenvalue weighted by molar-refractivity contribution is -0.0542. The molecular weight excluding hydrogens is 266 g/mol. The molecule has 2 fully saturated rings. The van der Waals surface area contributed by atoms with Crippen LogP contribution in [-0.4, -0.2) is 50.5 Å². The first-order chi connectivity index (χ1) is 10.2. The van der Waals surface area contributed by atoms with E-state index < -0.39 is 0 Å². The first-order valence-corrected chi connectivity index (χ1v) is 7.75.